The number of hydrogen-bond acceptors (Lipinski definition) is 1. The molecular weight excluding hydrogens is 252 g/mol. The number of hydrogen-bond donors (Lipinski definition) is 0. The first-order chi connectivity index (χ1) is 7.15. The average Bonchev–Trinajstić information content (AvgIpc) is 2.17. The number of rotatable bonds is 1. The predicted octanol–water partition coefficient (Wildman–Crippen LogP) is 4.71. The maximum atomic E-state index is 5.81. The van der Waals surface area contributed by atoms with Gasteiger partial charge in [0, 0.05) is 5.02 Å². The van der Waals surface area contributed by atoms with Crippen molar-refractivity contribution in [2.24, 2.45) is 0 Å². The number of nitrogens with zero attached hydrogens (tertiary/aromatic N) is 1. The van der Waals surface area contributed by atoms with Crippen LogP contribution in [0.1, 0.15) is 0 Å². The Morgan fingerprint density at radius 3 is 1.80 bits per heavy atom. The minimum Gasteiger partial charge on any atom is -0.224 e. The number of pyridine rings is 1. The molecule has 0 amide bonds. The number of aromatic nitrogens is 1. The van der Waals surface area contributed by atoms with Crippen LogP contribution in [0.4, 0.5) is 0 Å². The van der Waals surface area contributed by atoms with Gasteiger partial charge in [0.15, 0.2) is 0 Å². The third kappa shape index (κ3) is 2.63. The van der Waals surface area contributed by atoms with Gasteiger partial charge in [-0.15, -0.1) is 0 Å². The molecule has 0 bridgehead atoms. The average molecular weight is 259 g/mol. The Kier molecular flexibility index (Phi) is 3.15. The number of benzene rings is 1. The largest absolute Gasteiger partial charge is 0.224 e. The summed E-state index contributed by atoms with van der Waals surface area (Å²) in [4.78, 5) is 3.88. The van der Waals surface area contributed by atoms with Crippen LogP contribution in [0.3, 0.4) is 0 Å². The monoisotopic (exact) mass is 257 g/mol. The molecule has 0 radical (unpaired) electrons. The van der Waals surface area contributed by atoms with Gasteiger partial charge in [-0.25, -0.2) is 4.98 Å². The molecule has 2 aromatic rings. The minimum absolute atomic E-state index is 0.382. The summed E-state index contributed by atoms with van der Waals surface area (Å²) in [6, 6.07) is 11.0. The third-order valence-corrected chi connectivity index (χ3v) is 2.58. The van der Waals surface area contributed by atoms with Crippen LogP contribution < -0.4 is 0 Å². The van der Waals surface area contributed by atoms with E-state index >= 15 is 0 Å². The first-order valence-electron chi connectivity index (χ1n) is 4.24. The second-order valence-corrected chi connectivity index (χ2v) is 4.22. The first kappa shape index (κ1) is 10.7. The molecule has 0 saturated heterocycles. The molecule has 15 heavy (non-hydrogen) atoms. The molecule has 0 aliphatic heterocycles. The van der Waals surface area contributed by atoms with Crippen molar-refractivity contribution in [1.29, 1.82) is 0 Å². The Labute approximate surface area is 103 Å². The van der Waals surface area contributed by atoms with Gasteiger partial charge in [0.25, 0.3) is 0 Å². The summed E-state index contributed by atoms with van der Waals surface area (Å²) < 4.78 is 0. The van der Waals surface area contributed by atoms with Crippen LogP contribution in [-0.4, -0.2) is 4.98 Å². The second-order valence-electron chi connectivity index (χ2n) is 3.01. The molecule has 0 fully saturated rings. The highest BCUT2D eigenvalue weighted by atomic mass is 35.5. The van der Waals surface area contributed by atoms with Crippen molar-refractivity contribution in [3.05, 3.63) is 51.7 Å². The van der Waals surface area contributed by atoms with Gasteiger partial charge < -0.3 is 0 Å². The molecule has 0 unspecified atom stereocenters. The first-order valence-corrected chi connectivity index (χ1v) is 5.37. The van der Waals surface area contributed by atoms with Gasteiger partial charge in [0.2, 0.25) is 0 Å². The van der Waals surface area contributed by atoms with Crippen molar-refractivity contribution in [3.63, 3.8) is 0 Å². The molecule has 4 heteroatoms. The Bertz CT molecular complexity index is 459. The van der Waals surface area contributed by atoms with Crippen LogP contribution in [0.5, 0.6) is 0 Å². The maximum Gasteiger partial charge on any atom is 0.131 e. The normalized spacial score (nSPS) is 10.3. The quantitative estimate of drug-likeness (QED) is 0.675. The summed E-state index contributed by atoms with van der Waals surface area (Å²) >= 11 is 17.4. The molecule has 1 nitrogen and oxygen atoms in total. The van der Waals surface area contributed by atoms with Crippen LogP contribution in [0.2, 0.25) is 15.3 Å². The summed E-state index contributed by atoms with van der Waals surface area (Å²) in [5, 5.41) is 1.46. The molecule has 1 aromatic carbocycles. The van der Waals surface area contributed by atoms with Crippen molar-refractivity contribution in [3.8, 4) is 11.1 Å². The van der Waals surface area contributed by atoms with E-state index in [0.29, 0.717) is 15.3 Å². The molecular formula is C11H6Cl3N. The predicted molar refractivity (Wildman–Crippen MR) is 64.7 cm³/mol. The van der Waals surface area contributed by atoms with Gasteiger partial charge in [-0.05, 0) is 35.4 Å². The molecule has 0 saturated carbocycles. The van der Waals surface area contributed by atoms with Gasteiger partial charge in [-0.3, -0.25) is 0 Å². The molecule has 0 spiro atoms. The zero-order valence-electron chi connectivity index (χ0n) is 7.55. The molecule has 1 heterocycles. The highest BCUT2D eigenvalue weighted by molar-refractivity contribution is 6.33. The van der Waals surface area contributed by atoms with Crippen LogP contribution in [0.15, 0.2) is 36.4 Å². The van der Waals surface area contributed by atoms with Crippen molar-refractivity contribution < 1.29 is 0 Å². The molecule has 0 aliphatic carbocycles. The Morgan fingerprint density at radius 2 is 1.27 bits per heavy atom. The van der Waals surface area contributed by atoms with Crippen molar-refractivity contribution >= 4 is 34.8 Å². The lowest BCUT2D eigenvalue weighted by molar-refractivity contribution is 1.33. The lowest BCUT2D eigenvalue weighted by Gasteiger charge is -2.02. The van der Waals surface area contributed by atoms with E-state index in [0.717, 1.165) is 11.1 Å². The minimum atomic E-state index is 0.382. The number of halogens is 3. The topological polar surface area (TPSA) is 12.9 Å². The molecule has 0 atom stereocenters. The summed E-state index contributed by atoms with van der Waals surface area (Å²) in [5.41, 5.74) is 1.93. The van der Waals surface area contributed by atoms with E-state index in [1.165, 1.54) is 0 Å². The smallest absolute Gasteiger partial charge is 0.131 e. The van der Waals surface area contributed by atoms with Gasteiger partial charge in [0.05, 0.1) is 0 Å². The van der Waals surface area contributed by atoms with E-state index in [1.807, 2.05) is 24.3 Å². The highest BCUT2D eigenvalue weighted by Gasteiger charge is 2.02. The van der Waals surface area contributed by atoms with Crippen molar-refractivity contribution in [2.75, 3.05) is 0 Å². The fraction of sp³-hybridized carbons (Fsp3) is 0. The molecule has 2 rings (SSSR count). The SMILES string of the molecule is Clc1ccc(-c2cc(Cl)nc(Cl)c2)cc1. The van der Waals surface area contributed by atoms with Crippen LogP contribution >= 0.6 is 34.8 Å². The van der Waals surface area contributed by atoms with Gasteiger partial charge in [0.1, 0.15) is 10.3 Å². The highest BCUT2D eigenvalue weighted by Crippen LogP contribution is 2.25. The molecule has 1 aromatic heterocycles. The molecule has 0 N–H and O–H groups in total. The zero-order chi connectivity index (χ0) is 10.8. The van der Waals surface area contributed by atoms with Crippen LogP contribution in [-0.2, 0) is 0 Å². The lowest BCUT2D eigenvalue weighted by Crippen LogP contribution is -1.81. The summed E-state index contributed by atoms with van der Waals surface area (Å²) in [7, 11) is 0. The Morgan fingerprint density at radius 1 is 0.733 bits per heavy atom. The summed E-state index contributed by atoms with van der Waals surface area (Å²) in [6.45, 7) is 0. The fourth-order valence-corrected chi connectivity index (χ4v) is 1.86. The van der Waals surface area contributed by atoms with E-state index in [-0.39, 0.29) is 0 Å². The fourth-order valence-electron chi connectivity index (χ4n) is 1.27. The molecule has 76 valence electrons. The van der Waals surface area contributed by atoms with E-state index < -0.39 is 0 Å². The van der Waals surface area contributed by atoms with E-state index in [1.54, 1.807) is 12.1 Å². The van der Waals surface area contributed by atoms with Gasteiger partial charge in [-0.1, -0.05) is 46.9 Å². The van der Waals surface area contributed by atoms with Crippen molar-refractivity contribution in [2.45, 2.75) is 0 Å². The van der Waals surface area contributed by atoms with Gasteiger partial charge >= 0.3 is 0 Å². The van der Waals surface area contributed by atoms with E-state index in [9.17, 15) is 0 Å². The Hall–Kier alpha value is -0.760. The van der Waals surface area contributed by atoms with Gasteiger partial charge in [-0.2, -0.15) is 0 Å². The third-order valence-electron chi connectivity index (χ3n) is 1.94. The zero-order valence-corrected chi connectivity index (χ0v) is 9.81. The molecule has 0 aliphatic rings. The van der Waals surface area contributed by atoms with Crippen molar-refractivity contribution in [1.82, 2.24) is 4.98 Å². The van der Waals surface area contributed by atoms with E-state index in [4.69, 9.17) is 34.8 Å². The second kappa shape index (κ2) is 4.40. The maximum absolute atomic E-state index is 5.81. The Balaban J connectivity index is 2.49. The van der Waals surface area contributed by atoms with E-state index in [2.05, 4.69) is 4.98 Å². The summed E-state index contributed by atoms with van der Waals surface area (Å²) in [5.74, 6) is 0. The van der Waals surface area contributed by atoms with Crippen LogP contribution in [0, 0.1) is 0 Å². The van der Waals surface area contributed by atoms with Crippen LogP contribution in [0.25, 0.3) is 11.1 Å². The lowest BCUT2D eigenvalue weighted by atomic mass is 10.1. The summed E-state index contributed by atoms with van der Waals surface area (Å²) in [6.07, 6.45) is 0. The standard InChI is InChI=1S/C11H6Cl3N/c12-9-3-1-7(2-4-9)8-5-10(13)15-11(14)6-8/h1-6H.